The molecule has 2 rings (SSSR count). The first-order valence-corrected chi connectivity index (χ1v) is 4.89. The average molecular weight is 218 g/mol. The van der Waals surface area contributed by atoms with Crippen LogP contribution in [-0.4, -0.2) is 33.8 Å². The number of hydrogen-bond donors (Lipinski definition) is 1. The van der Waals surface area contributed by atoms with Crippen molar-refractivity contribution in [1.29, 1.82) is 0 Å². The van der Waals surface area contributed by atoms with Crippen molar-refractivity contribution in [2.75, 3.05) is 24.7 Å². The summed E-state index contributed by atoms with van der Waals surface area (Å²) in [6, 6.07) is 1.84. The van der Waals surface area contributed by atoms with E-state index in [-0.39, 0.29) is 0 Å². The predicted octanol–water partition coefficient (Wildman–Crippen LogP) is 0.619. The maximum absolute atomic E-state index is 5.89. The molecule has 0 amide bonds. The Balaban J connectivity index is 2.48. The second-order valence-electron chi connectivity index (χ2n) is 3.75. The second-order valence-corrected chi connectivity index (χ2v) is 3.75. The van der Waals surface area contributed by atoms with Gasteiger partial charge in [0.25, 0.3) is 0 Å². The third-order valence-electron chi connectivity index (χ3n) is 2.31. The molecule has 0 fully saturated rings. The first-order chi connectivity index (χ1) is 7.59. The van der Waals surface area contributed by atoms with Crippen molar-refractivity contribution in [2.45, 2.75) is 6.92 Å². The SMILES string of the molecule is Cc1cnn(-c2cc(N(C)C)ncn2)c1N. The molecule has 16 heavy (non-hydrogen) atoms. The van der Waals surface area contributed by atoms with Crippen LogP contribution in [0.3, 0.4) is 0 Å². The summed E-state index contributed by atoms with van der Waals surface area (Å²) in [5, 5.41) is 4.17. The Labute approximate surface area is 93.7 Å². The van der Waals surface area contributed by atoms with Crippen molar-refractivity contribution in [3.05, 3.63) is 24.2 Å². The van der Waals surface area contributed by atoms with Crippen LogP contribution < -0.4 is 10.6 Å². The summed E-state index contributed by atoms with van der Waals surface area (Å²) < 4.78 is 1.60. The van der Waals surface area contributed by atoms with Crippen LogP contribution in [0.5, 0.6) is 0 Å². The van der Waals surface area contributed by atoms with Gasteiger partial charge < -0.3 is 10.6 Å². The van der Waals surface area contributed by atoms with Crippen LogP contribution in [0.15, 0.2) is 18.6 Å². The predicted molar refractivity (Wildman–Crippen MR) is 62.6 cm³/mol. The second kappa shape index (κ2) is 3.80. The Morgan fingerprint density at radius 3 is 2.62 bits per heavy atom. The monoisotopic (exact) mass is 218 g/mol. The Bertz CT molecular complexity index is 502. The molecule has 84 valence electrons. The largest absolute Gasteiger partial charge is 0.383 e. The first kappa shape index (κ1) is 10.4. The summed E-state index contributed by atoms with van der Waals surface area (Å²) in [7, 11) is 3.84. The summed E-state index contributed by atoms with van der Waals surface area (Å²) in [6.45, 7) is 1.91. The van der Waals surface area contributed by atoms with E-state index in [0.717, 1.165) is 11.4 Å². The minimum Gasteiger partial charge on any atom is -0.383 e. The molecule has 2 aromatic heterocycles. The fraction of sp³-hybridized carbons (Fsp3) is 0.300. The molecular formula is C10H14N6. The van der Waals surface area contributed by atoms with E-state index in [9.17, 15) is 0 Å². The van der Waals surface area contributed by atoms with Gasteiger partial charge in [0.1, 0.15) is 18.0 Å². The molecule has 6 nitrogen and oxygen atoms in total. The maximum Gasteiger partial charge on any atom is 0.161 e. The fourth-order valence-corrected chi connectivity index (χ4v) is 1.32. The molecule has 2 N–H and O–H groups in total. The van der Waals surface area contributed by atoms with Gasteiger partial charge in [0.2, 0.25) is 0 Å². The fourth-order valence-electron chi connectivity index (χ4n) is 1.32. The molecule has 0 aliphatic heterocycles. The Morgan fingerprint density at radius 1 is 1.31 bits per heavy atom. The number of nitrogens with zero attached hydrogens (tertiary/aromatic N) is 5. The van der Waals surface area contributed by atoms with E-state index >= 15 is 0 Å². The van der Waals surface area contributed by atoms with E-state index < -0.39 is 0 Å². The molecule has 0 bridgehead atoms. The van der Waals surface area contributed by atoms with Gasteiger partial charge in [0.05, 0.1) is 6.20 Å². The minimum absolute atomic E-state index is 0.600. The van der Waals surface area contributed by atoms with Gasteiger partial charge in [-0.1, -0.05) is 0 Å². The lowest BCUT2D eigenvalue weighted by molar-refractivity contribution is 0.845. The van der Waals surface area contributed by atoms with Crippen LogP contribution in [0.2, 0.25) is 0 Å². The van der Waals surface area contributed by atoms with Crippen molar-refractivity contribution in [1.82, 2.24) is 19.7 Å². The molecule has 0 aliphatic carbocycles. The van der Waals surface area contributed by atoms with Gasteiger partial charge in [-0.3, -0.25) is 0 Å². The first-order valence-electron chi connectivity index (χ1n) is 4.89. The summed E-state index contributed by atoms with van der Waals surface area (Å²) >= 11 is 0. The molecular weight excluding hydrogens is 204 g/mol. The number of nitrogen functional groups attached to an aromatic ring is 1. The normalized spacial score (nSPS) is 10.4. The highest BCUT2D eigenvalue weighted by atomic mass is 15.3. The van der Waals surface area contributed by atoms with Gasteiger partial charge in [0.15, 0.2) is 5.82 Å². The zero-order valence-electron chi connectivity index (χ0n) is 9.55. The highest BCUT2D eigenvalue weighted by molar-refractivity contribution is 5.47. The van der Waals surface area contributed by atoms with Gasteiger partial charge in [-0.25, -0.2) is 9.97 Å². The molecule has 0 saturated carbocycles. The molecule has 0 atom stereocenters. The van der Waals surface area contributed by atoms with Crippen LogP contribution in [0.4, 0.5) is 11.6 Å². The van der Waals surface area contributed by atoms with Gasteiger partial charge in [-0.05, 0) is 6.92 Å². The van der Waals surface area contributed by atoms with E-state index in [4.69, 9.17) is 5.73 Å². The van der Waals surface area contributed by atoms with Crippen LogP contribution >= 0.6 is 0 Å². The number of nitrogens with two attached hydrogens (primary N) is 1. The van der Waals surface area contributed by atoms with E-state index in [1.807, 2.05) is 32.0 Å². The number of hydrogen-bond acceptors (Lipinski definition) is 5. The van der Waals surface area contributed by atoms with E-state index in [1.54, 1.807) is 10.9 Å². The molecule has 0 saturated heterocycles. The van der Waals surface area contributed by atoms with Crippen molar-refractivity contribution in [2.24, 2.45) is 0 Å². The van der Waals surface area contributed by atoms with Crippen molar-refractivity contribution >= 4 is 11.6 Å². The zero-order chi connectivity index (χ0) is 11.7. The van der Waals surface area contributed by atoms with Crippen LogP contribution in [0.1, 0.15) is 5.56 Å². The van der Waals surface area contributed by atoms with Gasteiger partial charge in [-0.15, -0.1) is 0 Å². The van der Waals surface area contributed by atoms with Crippen molar-refractivity contribution < 1.29 is 0 Å². The summed E-state index contributed by atoms with van der Waals surface area (Å²) in [6.07, 6.45) is 3.22. The zero-order valence-corrected chi connectivity index (χ0v) is 9.55. The topological polar surface area (TPSA) is 72.9 Å². The lowest BCUT2D eigenvalue weighted by Gasteiger charge is -2.11. The smallest absolute Gasteiger partial charge is 0.161 e. The molecule has 0 spiro atoms. The molecule has 2 aromatic rings. The van der Waals surface area contributed by atoms with Crippen molar-refractivity contribution in [3.63, 3.8) is 0 Å². The maximum atomic E-state index is 5.89. The molecule has 6 heteroatoms. The van der Waals surface area contributed by atoms with Crippen LogP contribution in [0, 0.1) is 6.92 Å². The highest BCUT2D eigenvalue weighted by Crippen LogP contribution is 2.16. The van der Waals surface area contributed by atoms with E-state index in [2.05, 4.69) is 15.1 Å². The Kier molecular flexibility index (Phi) is 2.47. The van der Waals surface area contributed by atoms with E-state index in [0.29, 0.717) is 11.6 Å². The lowest BCUT2D eigenvalue weighted by atomic mass is 10.4. The highest BCUT2D eigenvalue weighted by Gasteiger charge is 2.08. The summed E-state index contributed by atoms with van der Waals surface area (Å²) in [5.41, 5.74) is 6.82. The Hall–Kier alpha value is -2.11. The summed E-state index contributed by atoms with van der Waals surface area (Å²) in [5.74, 6) is 2.09. The lowest BCUT2D eigenvalue weighted by Crippen LogP contribution is -2.12. The molecule has 0 radical (unpaired) electrons. The van der Waals surface area contributed by atoms with Crippen molar-refractivity contribution in [3.8, 4) is 5.82 Å². The van der Waals surface area contributed by atoms with Gasteiger partial charge >= 0.3 is 0 Å². The number of anilines is 2. The standard InChI is InChI=1S/C10H14N6/c1-7-5-14-16(10(7)11)9-4-8(15(2)3)12-6-13-9/h4-6H,11H2,1-3H3. The third-order valence-corrected chi connectivity index (χ3v) is 2.31. The molecule has 0 aliphatic rings. The number of rotatable bonds is 2. The minimum atomic E-state index is 0.600. The third kappa shape index (κ3) is 1.69. The summed E-state index contributed by atoms with van der Waals surface area (Å²) in [4.78, 5) is 10.2. The number of aromatic nitrogens is 4. The molecule has 0 aromatic carbocycles. The van der Waals surface area contributed by atoms with Gasteiger partial charge in [-0.2, -0.15) is 9.78 Å². The molecule has 2 heterocycles. The van der Waals surface area contributed by atoms with Crippen LogP contribution in [-0.2, 0) is 0 Å². The van der Waals surface area contributed by atoms with Gasteiger partial charge in [0, 0.05) is 25.7 Å². The molecule has 0 unspecified atom stereocenters. The average Bonchev–Trinajstić information content (AvgIpc) is 2.60. The van der Waals surface area contributed by atoms with Crippen LogP contribution in [0.25, 0.3) is 5.82 Å². The quantitative estimate of drug-likeness (QED) is 0.800. The van der Waals surface area contributed by atoms with E-state index in [1.165, 1.54) is 6.33 Å². The Morgan fingerprint density at radius 2 is 2.06 bits per heavy atom. The number of aryl methyl sites for hydroxylation is 1.